The van der Waals surface area contributed by atoms with Crippen LogP contribution in [0, 0.1) is 0 Å². The molecule has 0 saturated carbocycles. The minimum absolute atomic E-state index is 0.667. The highest BCUT2D eigenvalue weighted by atomic mass is 15.5. The number of rotatable bonds is 10. The van der Waals surface area contributed by atoms with Crippen molar-refractivity contribution in [3.05, 3.63) is 65.7 Å². The summed E-state index contributed by atoms with van der Waals surface area (Å²) in [4.78, 5) is 0. The van der Waals surface area contributed by atoms with Gasteiger partial charge in [-0.2, -0.15) is 5.21 Å². The molecule has 0 amide bonds. The zero-order valence-corrected chi connectivity index (χ0v) is 14.7. The first kappa shape index (κ1) is 17.3. The van der Waals surface area contributed by atoms with Crippen LogP contribution in [0.1, 0.15) is 49.7 Å². The number of unbranched alkanes of at least 4 members (excludes halogenated alkanes) is 5. The Hall–Kier alpha value is -2.49. The van der Waals surface area contributed by atoms with Crippen molar-refractivity contribution in [2.75, 3.05) is 0 Å². The molecule has 4 nitrogen and oxygen atoms in total. The van der Waals surface area contributed by atoms with Gasteiger partial charge in [-0.25, -0.2) is 0 Å². The number of hydrogen-bond donors (Lipinski definition) is 1. The molecule has 0 aliphatic rings. The molecule has 0 unspecified atom stereocenters. The van der Waals surface area contributed by atoms with Gasteiger partial charge in [0.15, 0.2) is 0 Å². The van der Waals surface area contributed by atoms with Crippen molar-refractivity contribution in [3.8, 4) is 11.4 Å². The fourth-order valence-corrected chi connectivity index (χ4v) is 3.16. The highest BCUT2D eigenvalue weighted by Gasteiger charge is 2.03. The van der Waals surface area contributed by atoms with Gasteiger partial charge in [-0.1, -0.05) is 74.2 Å². The van der Waals surface area contributed by atoms with E-state index >= 15 is 0 Å². The average molecular weight is 334 g/mol. The maximum Gasteiger partial charge on any atom is 0.204 e. The summed E-state index contributed by atoms with van der Waals surface area (Å²) in [6, 6.07) is 19.2. The molecule has 0 bridgehead atoms. The quantitative estimate of drug-likeness (QED) is 0.531. The van der Waals surface area contributed by atoms with Gasteiger partial charge in [-0.3, -0.25) is 0 Å². The van der Waals surface area contributed by atoms with Gasteiger partial charge in [-0.05, 0) is 48.1 Å². The summed E-state index contributed by atoms with van der Waals surface area (Å²) in [5.41, 5.74) is 3.85. The Balaban J connectivity index is 1.28. The fraction of sp³-hybridized carbons (Fsp3) is 0.381. The van der Waals surface area contributed by atoms with E-state index in [1.807, 2.05) is 6.07 Å². The summed E-state index contributed by atoms with van der Waals surface area (Å²) >= 11 is 0. The van der Waals surface area contributed by atoms with Gasteiger partial charge >= 0.3 is 0 Å². The second kappa shape index (κ2) is 9.72. The van der Waals surface area contributed by atoms with Crippen molar-refractivity contribution >= 4 is 0 Å². The topological polar surface area (TPSA) is 54.5 Å². The van der Waals surface area contributed by atoms with Gasteiger partial charge in [0.2, 0.25) is 5.82 Å². The summed E-state index contributed by atoms with van der Waals surface area (Å²) in [7, 11) is 0. The zero-order valence-electron chi connectivity index (χ0n) is 14.7. The highest BCUT2D eigenvalue weighted by Crippen LogP contribution is 2.17. The SMILES string of the molecule is c1ccc(CCCCCCCCc2cccc(-c3nn[nH]n3)c2)cc1. The van der Waals surface area contributed by atoms with E-state index in [9.17, 15) is 0 Å². The van der Waals surface area contributed by atoms with Crippen LogP contribution >= 0.6 is 0 Å². The van der Waals surface area contributed by atoms with Crippen LogP contribution in [0.5, 0.6) is 0 Å². The maximum absolute atomic E-state index is 4.04. The Labute approximate surface area is 149 Å². The molecule has 1 heterocycles. The number of nitrogens with zero attached hydrogens (tertiary/aromatic N) is 3. The predicted molar refractivity (Wildman–Crippen MR) is 101 cm³/mol. The van der Waals surface area contributed by atoms with Gasteiger partial charge in [0.1, 0.15) is 0 Å². The summed E-state index contributed by atoms with van der Waals surface area (Å²) in [5.74, 6) is 0.667. The lowest BCUT2D eigenvalue weighted by atomic mass is 10.0. The van der Waals surface area contributed by atoms with Crippen LogP contribution < -0.4 is 0 Å². The van der Waals surface area contributed by atoms with Crippen molar-refractivity contribution in [1.29, 1.82) is 0 Å². The van der Waals surface area contributed by atoms with Crippen LogP contribution in [0.25, 0.3) is 11.4 Å². The van der Waals surface area contributed by atoms with E-state index < -0.39 is 0 Å². The molecule has 0 radical (unpaired) electrons. The second-order valence-corrected chi connectivity index (χ2v) is 6.54. The van der Waals surface area contributed by atoms with Gasteiger partial charge in [0, 0.05) is 5.56 Å². The third-order valence-electron chi connectivity index (χ3n) is 4.55. The Kier molecular flexibility index (Phi) is 6.74. The van der Waals surface area contributed by atoms with E-state index in [4.69, 9.17) is 0 Å². The summed E-state index contributed by atoms with van der Waals surface area (Å²) in [5, 5.41) is 14.2. The molecule has 0 fully saturated rings. The van der Waals surface area contributed by atoms with Crippen molar-refractivity contribution in [3.63, 3.8) is 0 Å². The number of aromatic nitrogens is 4. The lowest BCUT2D eigenvalue weighted by Crippen LogP contribution is -1.89. The molecule has 0 spiro atoms. The van der Waals surface area contributed by atoms with E-state index in [0.717, 1.165) is 12.0 Å². The van der Waals surface area contributed by atoms with Crippen LogP contribution in [0.2, 0.25) is 0 Å². The van der Waals surface area contributed by atoms with Crippen molar-refractivity contribution in [2.24, 2.45) is 0 Å². The van der Waals surface area contributed by atoms with Crippen molar-refractivity contribution in [2.45, 2.75) is 51.4 Å². The molecular weight excluding hydrogens is 308 g/mol. The Bertz CT molecular complexity index is 723. The predicted octanol–water partition coefficient (Wildman–Crippen LogP) is 4.99. The Morgan fingerprint density at radius 1 is 0.680 bits per heavy atom. The molecule has 1 N–H and O–H groups in total. The van der Waals surface area contributed by atoms with E-state index in [1.165, 1.54) is 56.1 Å². The number of aryl methyl sites for hydroxylation is 2. The third-order valence-corrected chi connectivity index (χ3v) is 4.55. The summed E-state index contributed by atoms with van der Waals surface area (Å²) < 4.78 is 0. The third kappa shape index (κ3) is 5.82. The first-order valence-electron chi connectivity index (χ1n) is 9.28. The van der Waals surface area contributed by atoms with Gasteiger partial charge in [-0.15, -0.1) is 10.2 Å². The number of nitrogens with one attached hydrogen (secondary N) is 1. The number of benzene rings is 2. The molecule has 1 aromatic heterocycles. The van der Waals surface area contributed by atoms with E-state index in [2.05, 4.69) is 69.2 Å². The minimum atomic E-state index is 0.667. The highest BCUT2D eigenvalue weighted by molar-refractivity contribution is 5.54. The van der Waals surface area contributed by atoms with Crippen molar-refractivity contribution < 1.29 is 0 Å². The molecule has 0 aliphatic heterocycles. The van der Waals surface area contributed by atoms with Crippen LogP contribution in [0.3, 0.4) is 0 Å². The van der Waals surface area contributed by atoms with E-state index in [1.54, 1.807) is 0 Å². The monoisotopic (exact) mass is 334 g/mol. The molecular formula is C21H26N4. The molecule has 130 valence electrons. The minimum Gasteiger partial charge on any atom is -0.177 e. The zero-order chi connectivity index (χ0) is 17.2. The first-order valence-corrected chi connectivity index (χ1v) is 9.28. The van der Waals surface area contributed by atoms with E-state index in [-0.39, 0.29) is 0 Å². The number of hydrogen-bond acceptors (Lipinski definition) is 3. The lowest BCUT2D eigenvalue weighted by Gasteiger charge is -2.04. The Morgan fingerprint density at radius 3 is 2.08 bits per heavy atom. The summed E-state index contributed by atoms with van der Waals surface area (Å²) in [6.07, 6.45) is 10.2. The number of tetrazole rings is 1. The average Bonchev–Trinajstić information content (AvgIpc) is 3.20. The molecule has 0 aliphatic carbocycles. The van der Waals surface area contributed by atoms with Crippen LogP contribution in [0.15, 0.2) is 54.6 Å². The maximum atomic E-state index is 4.04. The molecule has 0 saturated heterocycles. The molecule has 3 aromatic rings. The van der Waals surface area contributed by atoms with E-state index in [0.29, 0.717) is 5.82 Å². The normalized spacial score (nSPS) is 10.9. The van der Waals surface area contributed by atoms with Crippen LogP contribution in [-0.2, 0) is 12.8 Å². The number of H-pyrrole nitrogens is 1. The van der Waals surface area contributed by atoms with Gasteiger partial charge < -0.3 is 0 Å². The Morgan fingerprint density at radius 2 is 1.36 bits per heavy atom. The van der Waals surface area contributed by atoms with Crippen LogP contribution in [-0.4, -0.2) is 20.6 Å². The van der Waals surface area contributed by atoms with Crippen molar-refractivity contribution in [1.82, 2.24) is 20.6 Å². The number of aromatic amines is 1. The molecule has 0 atom stereocenters. The first-order chi connectivity index (χ1) is 12.4. The second-order valence-electron chi connectivity index (χ2n) is 6.54. The lowest BCUT2D eigenvalue weighted by molar-refractivity contribution is 0.594. The van der Waals surface area contributed by atoms with Crippen LogP contribution in [0.4, 0.5) is 0 Å². The van der Waals surface area contributed by atoms with Gasteiger partial charge in [0.05, 0.1) is 0 Å². The molecule has 4 heteroatoms. The smallest absolute Gasteiger partial charge is 0.177 e. The fourth-order valence-electron chi connectivity index (χ4n) is 3.16. The molecule has 25 heavy (non-hydrogen) atoms. The largest absolute Gasteiger partial charge is 0.204 e. The molecule has 2 aromatic carbocycles. The summed E-state index contributed by atoms with van der Waals surface area (Å²) in [6.45, 7) is 0. The standard InChI is InChI=1S/C21H26N4/c1(3-6-11-18-12-8-5-9-13-18)2-4-7-14-19-15-10-16-20(17-19)21-22-24-25-23-21/h5,8-10,12-13,15-17H,1-4,6-7,11,14H2,(H,22,23,24,25). The molecule has 3 rings (SSSR count). The van der Waals surface area contributed by atoms with Gasteiger partial charge in [0.25, 0.3) is 0 Å².